The van der Waals surface area contributed by atoms with Crippen LogP contribution in [0.25, 0.3) is 0 Å². The predicted molar refractivity (Wildman–Crippen MR) is 118 cm³/mol. The fourth-order valence-corrected chi connectivity index (χ4v) is 4.35. The Balaban J connectivity index is 1.46. The van der Waals surface area contributed by atoms with E-state index in [1.807, 2.05) is 30.9 Å². The SMILES string of the molecule is CCOc1ccc(CN2CCN(C(=O)C(C)Sc3ccc([N+](=O)[O-])cc3)CC2)cc1. The van der Waals surface area contributed by atoms with Crippen LogP contribution in [-0.4, -0.2) is 58.7 Å². The van der Waals surface area contributed by atoms with E-state index in [-0.39, 0.29) is 16.8 Å². The van der Waals surface area contributed by atoms with E-state index in [1.165, 1.54) is 29.5 Å². The Labute approximate surface area is 181 Å². The number of benzene rings is 2. The van der Waals surface area contributed by atoms with Gasteiger partial charge < -0.3 is 9.64 Å². The zero-order valence-corrected chi connectivity index (χ0v) is 18.1. The summed E-state index contributed by atoms with van der Waals surface area (Å²) in [5.74, 6) is 0.996. The third kappa shape index (κ3) is 5.96. The quantitative estimate of drug-likeness (QED) is 0.361. The van der Waals surface area contributed by atoms with Gasteiger partial charge in [-0.05, 0) is 43.7 Å². The third-order valence-corrected chi connectivity index (χ3v) is 6.13. The molecule has 1 aliphatic heterocycles. The molecule has 0 radical (unpaired) electrons. The van der Waals surface area contributed by atoms with Crippen molar-refractivity contribution in [3.63, 3.8) is 0 Å². The number of ether oxygens (including phenoxy) is 1. The Morgan fingerprint density at radius 2 is 1.73 bits per heavy atom. The average molecular weight is 430 g/mol. The summed E-state index contributed by atoms with van der Waals surface area (Å²) in [6.07, 6.45) is 0. The van der Waals surface area contributed by atoms with Crippen molar-refractivity contribution in [1.82, 2.24) is 9.80 Å². The molecule has 1 amide bonds. The van der Waals surface area contributed by atoms with Gasteiger partial charge in [0, 0.05) is 49.8 Å². The van der Waals surface area contributed by atoms with Crippen LogP contribution in [0.5, 0.6) is 5.75 Å². The van der Waals surface area contributed by atoms with Gasteiger partial charge >= 0.3 is 0 Å². The van der Waals surface area contributed by atoms with Crippen molar-refractivity contribution in [1.29, 1.82) is 0 Å². The van der Waals surface area contributed by atoms with Crippen molar-refractivity contribution in [2.75, 3.05) is 32.8 Å². The number of non-ortho nitro benzene ring substituents is 1. The molecule has 0 aliphatic carbocycles. The minimum absolute atomic E-state index is 0.0574. The lowest BCUT2D eigenvalue weighted by Crippen LogP contribution is -2.50. The fourth-order valence-electron chi connectivity index (χ4n) is 3.40. The van der Waals surface area contributed by atoms with Crippen LogP contribution in [0.1, 0.15) is 19.4 Å². The molecule has 1 atom stereocenters. The lowest BCUT2D eigenvalue weighted by Gasteiger charge is -2.36. The molecular weight excluding hydrogens is 402 g/mol. The van der Waals surface area contributed by atoms with Crippen LogP contribution < -0.4 is 4.74 Å². The molecule has 2 aromatic carbocycles. The van der Waals surface area contributed by atoms with Gasteiger partial charge in [0.25, 0.3) is 5.69 Å². The van der Waals surface area contributed by atoms with E-state index in [1.54, 1.807) is 12.1 Å². The van der Waals surface area contributed by atoms with E-state index in [4.69, 9.17) is 4.74 Å². The minimum Gasteiger partial charge on any atom is -0.494 e. The number of hydrogen-bond donors (Lipinski definition) is 0. The normalized spacial score (nSPS) is 15.6. The summed E-state index contributed by atoms with van der Waals surface area (Å²) in [4.78, 5) is 28.3. The van der Waals surface area contributed by atoms with Crippen LogP contribution in [0, 0.1) is 10.1 Å². The number of carbonyl (C=O) groups is 1. The minimum atomic E-state index is -0.421. The van der Waals surface area contributed by atoms with Crippen molar-refractivity contribution >= 4 is 23.4 Å². The highest BCUT2D eigenvalue weighted by atomic mass is 32.2. The number of carbonyl (C=O) groups excluding carboxylic acids is 1. The van der Waals surface area contributed by atoms with E-state index >= 15 is 0 Å². The van der Waals surface area contributed by atoms with Gasteiger partial charge in [0.15, 0.2) is 0 Å². The highest BCUT2D eigenvalue weighted by Crippen LogP contribution is 2.27. The molecular formula is C22H27N3O4S. The zero-order valence-electron chi connectivity index (χ0n) is 17.3. The van der Waals surface area contributed by atoms with Crippen LogP contribution in [0.15, 0.2) is 53.4 Å². The maximum atomic E-state index is 12.8. The highest BCUT2D eigenvalue weighted by molar-refractivity contribution is 8.00. The lowest BCUT2D eigenvalue weighted by atomic mass is 10.2. The first-order chi connectivity index (χ1) is 14.5. The molecule has 3 rings (SSSR count). The van der Waals surface area contributed by atoms with Gasteiger partial charge in [0.2, 0.25) is 5.91 Å². The van der Waals surface area contributed by atoms with Crippen molar-refractivity contribution in [3.8, 4) is 5.75 Å². The number of thioether (sulfide) groups is 1. The highest BCUT2D eigenvalue weighted by Gasteiger charge is 2.25. The van der Waals surface area contributed by atoms with Crippen LogP contribution in [0.4, 0.5) is 5.69 Å². The first-order valence-corrected chi connectivity index (χ1v) is 11.0. The maximum absolute atomic E-state index is 12.8. The van der Waals surface area contributed by atoms with Crippen LogP contribution >= 0.6 is 11.8 Å². The number of rotatable bonds is 8. The maximum Gasteiger partial charge on any atom is 0.269 e. The summed E-state index contributed by atoms with van der Waals surface area (Å²) in [6.45, 7) is 8.49. The van der Waals surface area contributed by atoms with Crippen LogP contribution in [0.3, 0.4) is 0 Å². The third-order valence-electron chi connectivity index (χ3n) is 5.03. The topological polar surface area (TPSA) is 75.9 Å². The summed E-state index contributed by atoms with van der Waals surface area (Å²) in [5.41, 5.74) is 1.29. The van der Waals surface area contributed by atoms with Crippen molar-refractivity contribution in [3.05, 3.63) is 64.2 Å². The van der Waals surface area contributed by atoms with Gasteiger partial charge in [-0.3, -0.25) is 19.8 Å². The van der Waals surface area contributed by atoms with Gasteiger partial charge in [-0.2, -0.15) is 0 Å². The van der Waals surface area contributed by atoms with E-state index < -0.39 is 4.92 Å². The molecule has 2 aromatic rings. The van der Waals surface area contributed by atoms with E-state index in [0.717, 1.165) is 30.3 Å². The Kier molecular flexibility index (Phi) is 7.70. The molecule has 0 bridgehead atoms. The number of nitro groups is 1. The van der Waals surface area contributed by atoms with Gasteiger partial charge in [-0.15, -0.1) is 11.8 Å². The summed E-state index contributed by atoms with van der Waals surface area (Å²) in [7, 11) is 0. The number of piperazine rings is 1. The Morgan fingerprint density at radius 3 is 2.30 bits per heavy atom. The Bertz CT molecular complexity index is 850. The van der Waals surface area contributed by atoms with E-state index in [2.05, 4.69) is 17.0 Å². The van der Waals surface area contributed by atoms with Gasteiger partial charge in [0.05, 0.1) is 16.8 Å². The van der Waals surface area contributed by atoms with Gasteiger partial charge in [0.1, 0.15) is 5.75 Å². The zero-order chi connectivity index (χ0) is 21.5. The summed E-state index contributed by atoms with van der Waals surface area (Å²) in [5, 5.41) is 10.5. The summed E-state index contributed by atoms with van der Waals surface area (Å²) in [6, 6.07) is 14.5. The molecule has 0 aromatic heterocycles. The van der Waals surface area contributed by atoms with Gasteiger partial charge in [-0.1, -0.05) is 12.1 Å². The van der Waals surface area contributed by atoms with Crippen molar-refractivity contribution in [2.24, 2.45) is 0 Å². The molecule has 1 heterocycles. The van der Waals surface area contributed by atoms with Crippen molar-refractivity contribution < 1.29 is 14.5 Å². The first-order valence-electron chi connectivity index (χ1n) is 10.1. The number of amides is 1. The molecule has 1 aliphatic rings. The smallest absolute Gasteiger partial charge is 0.269 e. The van der Waals surface area contributed by atoms with Crippen LogP contribution in [-0.2, 0) is 11.3 Å². The molecule has 1 saturated heterocycles. The largest absolute Gasteiger partial charge is 0.494 e. The van der Waals surface area contributed by atoms with E-state index in [9.17, 15) is 14.9 Å². The fraction of sp³-hybridized carbons (Fsp3) is 0.409. The molecule has 0 N–H and O–H groups in total. The standard InChI is InChI=1S/C22H27N3O4S/c1-3-29-20-8-4-18(5-9-20)16-23-12-14-24(15-13-23)22(26)17(2)30-21-10-6-19(7-11-21)25(27)28/h4-11,17H,3,12-16H2,1-2H3. The molecule has 0 spiro atoms. The molecule has 160 valence electrons. The molecule has 1 fully saturated rings. The monoisotopic (exact) mass is 429 g/mol. The number of nitro benzene ring substituents is 1. The summed E-state index contributed by atoms with van der Waals surface area (Å²) < 4.78 is 5.48. The Hall–Kier alpha value is -2.58. The van der Waals surface area contributed by atoms with Gasteiger partial charge in [-0.25, -0.2) is 0 Å². The first kappa shape index (κ1) is 22.1. The average Bonchev–Trinajstić information content (AvgIpc) is 2.75. The predicted octanol–water partition coefficient (Wildman–Crippen LogP) is 3.82. The second-order valence-electron chi connectivity index (χ2n) is 7.19. The molecule has 0 saturated carbocycles. The van der Waals surface area contributed by atoms with E-state index in [0.29, 0.717) is 19.7 Å². The Morgan fingerprint density at radius 1 is 1.10 bits per heavy atom. The second-order valence-corrected chi connectivity index (χ2v) is 8.60. The number of hydrogen-bond acceptors (Lipinski definition) is 6. The number of nitrogens with zero attached hydrogens (tertiary/aromatic N) is 3. The molecule has 7 nitrogen and oxygen atoms in total. The summed E-state index contributed by atoms with van der Waals surface area (Å²) >= 11 is 1.44. The van der Waals surface area contributed by atoms with Crippen molar-refractivity contribution in [2.45, 2.75) is 30.5 Å². The molecule has 30 heavy (non-hydrogen) atoms. The van der Waals surface area contributed by atoms with Crippen LogP contribution in [0.2, 0.25) is 0 Å². The second kappa shape index (κ2) is 10.4. The molecule has 8 heteroatoms. The molecule has 1 unspecified atom stereocenters. The lowest BCUT2D eigenvalue weighted by molar-refractivity contribution is -0.384.